The highest BCUT2D eigenvalue weighted by atomic mass is 16.2. The van der Waals surface area contributed by atoms with E-state index in [1.54, 1.807) is 18.6 Å². The molecule has 152 valence electrons. The molecule has 0 unspecified atom stereocenters. The zero-order chi connectivity index (χ0) is 20.8. The summed E-state index contributed by atoms with van der Waals surface area (Å²) in [6.45, 7) is 4.30. The maximum atomic E-state index is 13.1. The second-order valence-corrected chi connectivity index (χ2v) is 8.03. The van der Waals surface area contributed by atoms with E-state index in [-0.39, 0.29) is 11.8 Å². The van der Waals surface area contributed by atoms with E-state index in [0.29, 0.717) is 31.7 Å². The van der Waals surface area contributed by atoms with Gasteiger partial charge in [-0.1, -0.05) is 0 Å². The fourth-order valence-corrected chi connectivity index (χ4v) is 4.30. The standard InChI is InChI=1S/C23H23N5O2/c1-16-21(5-4-20-9-24-15-28(16)20)23(30)27-13-18-11-26(12-19(18)14-27)22(29)6-3-17-7-8-25(2)10-17/h3-10,15H,11-14H2,1-2H3/b6-3+. The molecule has 0 bridgehead atoms. The number of rotatable bonds is 3. The van der Waals surface area contributed by atoms with Gasteiger partial charge in [0, 0.05) is 57.4 Å². The Morgan fingerprint density at radius 1 is 1.03 bits per heavy atom. The first-order chi connectivity index (χ1) is 14.5. The molecule has 3 aromatic rings. The molecule has 0 radical (unpaired) electrons. The van der Waals surface area contributed by atoms with E-state index >= 15 is 0 Å². The fraction of sp³-hybridized carbons (Fsp3) is 0.261. The van der Waals surface area contributed by atoms with Gasteiger partial charge in [-0.3, -0.25) is 9.59 Å². The second-order valence-electron chi connectivity index (χ2n) is 8.03. The number of aryl methyl sites for hydroxylation is 2. The number of imidazole rings is 1. The summed E-state index contributed by atoms with van der Waals surface area (Å²) in [4.78, 5) is 33.5. The number of nitrogens with zero attached hydrogens (tertiary/aromatic N) is 5. The largest absolute Gasteiger partial charge is 0.357 e. The summed E-state index contributed by atoms with van der Waals surface area (Å²) in [5.74, 6) is 0.0342. The number of fused-ring (bicyclic) bond motifs is 1. The molecule has 7 heteroatoms. The van der Waals surface area contributed by atoms with Gasteiger partial charge in [-0.2, -0.15) is 0 Å². The summed E-state index contributed by atoms with van der Waals surface area (Å²) in [7, 11) is 1.95. The van der Waals surface area contributed by atoms with Gasteiger partial charge >= 0.3 is 0 Å². The molecule has 0 fully saturated rings. The Morgan fingerprint density at radius 3 is 2.47 bits per heavy atom. The van der Waals surface area contributed by atoms with E-state index < -0.39 is 0 Å². The van der Waals surface area contributed by atoms with E-state index in [1.165, 1.54) is 11.1 Å². The van der Waals surface area contributed by atoms with E-state index in [1.807, 2.05) is 69.4 Å². The smallest absolute Gasteiger partial charge is 0.256 e. The predicted molar refractivity (Wildman–Crippen MR) is 114 cm³/mol. The molecule has 0 saturated heterocycles. The quantitative estimate of drug-likeness (QED) is 0.500. The summed E-state index contributed by atoms with van der Waals surface area (Å²) < 4.78 is 3.89. The van der Waals surface area contributed by atoms with Crippen LogP contribution in [0.5, 0.6) is 0 Å². The van der Waals surface area contributed by atoms with Crippen LogP contribution in [0, 0.1) is 6.92 Å². The van der Waals surface area contributed by atoms with Crippen molar-refractivity contribution in [3.05, 3.63) is 77.2 Å². The molecule has 0 aromatic carbocycles. The monoisotopic (exact) mass is 401 g/mol. The lowest BCUT2D eigenvalue weighted by molar-refractivity contribution is -0.124. The maximum absolute atomic E-state index is 13.1. The Balaban J connectivity index is 1.23. The summed E-state index contributed by atoms with van der Waals surface area (Å²) in [6, 6.07) is 5.77. The number of hydrogen-bond donors (Lipinski definition) is 0. The predicted octanol–water partition coefficient (Wildman–Crippen LogP) is 2.29. The third kappa shape index (κ3) is 3.12. The highest BCUT2D eigenvalue weighted by Gasteiger charge is 2.34. The third-order valence-corrected chi connectivity index (χ3v) is 5.97. The topological polar surface area (TPSA) is 62.9 Å². The molecule has 0 atom stereocenters. The minimum Gasteiger partial charge on any atom is -0.357 e. The lowest BCUT2D eigenvalue weighted by Gasteiger charge is -2.23. The molecule has 0 N–H and O–H groups in total. The van der Waals surface area contributed by atoms with Crippen molar-refractivity contribution in [2.75, 3.05) is 26.2 Å². The van der Waals surface area contributed by atoms with E-state index in [0.717, 1.165) is 16.8 Å². The minimum atomic E-state index is 0.00698. The van der Waals surface area contributed by atoms with Crippen LogP contribution in [0.4, 0.5) is 0 Å². The maximum Gasteiger partial charge on any atom is 0.256 e. The van der Waals surface area contributed by atoms with Crippen molar-refractivity contribution in [2.45, 2.75) is 6.92 Å². The van der Waals surface area contributed by atoms with Gasteiger partial charge in [0.15, 0.2) is 0 Å². The number of carbonyl (C=O) groups excluding carboxylic acids is 2. The highest BCUT2D eigenvalue weighted by molar-refractivity contribution is 5.97. The molecule has 7 nitrogen and oxygen atoms in total. The first-order valence-corrected chi connectivity index (χ1v) is 9.99. The first-order valence-electron chi connectivity index (χ1n) is 9.99. The summed E-state index contributed by atoms with van der Waals surface area (Å²) in [5.41, 5.74) is 5.94. The third-order valence-electron chi connectivity index (χ3n) is 5.97. The Hall–Kier alpha value is -3.61. The van der Waals surface area contributed by atoms with Crippen LogP contribution in [-0.4, -0.2) is 61.7 Å². The Labute approximate surface area is 174 Å². The molecule has 0 saturated carbocycles. The molecule has 2 aliphatic rings. The van der Waals surface area contributed by atoms with Gasteiger partial charge in [0.25, 0.3) is 5.91 Å². The highest BCUT2D eigenvalue weighted by Crippen LogP contribution is 2.27. The van der Waals surface area contributed by atoms with Crippen LogP contribution in [0.15, 0.2) is 60.3 Å². The number of pyridine rings is 1. The lowest BCUT2D eigenvalue weighted by Crippen LogP contribution is -2.36. The molecule has 2 aliphatic heterocycles. The van der Waals surface area contributed by atoms with Crippen molar-refractivity contribution in [1.82, 2.24) is 23.8 Å². The zero-order valence-electron chi connectivity index (χ0n) is 17.1. The van der Waals surface area contributed by atoms with Crippen molar-refractivity contribution in [3.8, 4) is 0 Å². The van der Waals surface area contributed by atoms with Gasteiger partial charge in [0.05, 0.1) is 23.6 Å². The van der Waals surface area contributed by atoms with Gasteiger partial charge in [0.2, 0.25) is 5.91 Å². The van der Waals surface area contributed by atoms with Gasteiger partial charge in [0.1, 0.15) is 0 Å². The molecule has 5 rings (SSSR count). The van der Waals surface area contributed by atoms with Crippen molar-refractivity contribution >= 4 is 23.4 Å². The Morgan fingerprint density at radius 2 is 1.77 bits per heavy atom. The summed E-state index contributed by atoms with van der Waals surface area (Å²) in [6.07, 6.45) is 10.9. The van der Waals surface area contributed by atoms with Gasteiger partial charge < -0.3 is 18.8 Å². The number of carbonyl (C=O) groups is 2. The Bertz CT molecular complexity index is 1210. The van der Waals surface area contributed by atoms with E-state index in [4.69, 9.17) is 0 Å². The minimum absolute atomic E-state index is 0.00698. The fourth-order valence-electron chi connectivity index (χ4n) is 4.30. The molecule has 0 aliphatic carbocycles. The van der Waals surface area contributed by atoms with Gasteiger partial charge in [-0.05, 0) is 47.9 Å². The van der Waals surface area contributed by atoms with E-state index in [9.17, 15) is 9.59 Å². The van der Waals surface area contributed by atoms with Crippen molar-refractivity contribution in [3.63, 3.8) is 0 Å². The molecule has 30 heavy (non-hydrogen) atoms. The van der Waals surface area contributed by atoms with E-state index in [2.05, 4.69) is 4.98 Å². The zero-order valence-corrected chi connectivity index (χ0v) is 17.1. The average molecular weight is 401 g/mol. The lowest BCUT2D eigenvalue weighted by atomic mass is 10.1. The molecule has 0 spiro atoms. The van der Waals surface area contributed by atoms with Crippen molar-refractivity contribution in [2.24, 2.45) is 7.05 Å². The number of aromatic nitrogens is 3. The van der Waals surface area contributed by atoms with Crippen LogP contribution in [0.1, 0.15) is 21.6 Å². The van der Waals surface area contributed by atoms with Crippen LogP contribution in [0.2, 0.25) is 0 Å². The second kappa shape index (κ2) is 7.02. The van der Waals surface area contributed by atoms with Crippen LogP contribution >= 0.6 is 0 Å². The SMILES string of the molecule is Cc1c(C(=O)N2CC3=C(CN(C(=O)/C=C/c4ccn(C)c4)C3)C2)ccc2cncn12. The molecule has 3 aromatic heterocycles. The Kier molecular flexibility index (Phi) is 4.31. The normalized spacial score (nSPS) is 16.3. The van der Waals surface area contributed by atoms with Crippen LogP contribution in [0.3, 0.4) is 0 Å². The number of hydrogen-bond acceptors (Lipinski definition) is 3. The van der Waals surface area contributed by atoms with Crippen molar-refractivity contribution in [1.29, 1.82) is 0 Å². The molecule has 2 amide bonds. The summed E-state index contributed by atoms with van der Waals surface area (Å²) >= 11 is 0. The van der Waals surface area contributed by atoms with Gasteiger partial charge in [-0.15, -0.1) is 0 Å². The number of amides is 2. The average Bonchev–Trinajstić information content (AvgIpc) is 3.49. The summed E-state index contributed by atoms with van der Waals surface area (Å²) in [5, 5.41) is 0. The molecular formula is C23H23N5O2. The molecule has 5 heterocycles. The van der Waals surface area contributed by atoms with Crippen LogP contribution < -0.4 is 0 Å². The van der Waals surface area contributed by atoms with Crippen LogP contribution in [-0.2, 0) is 11.8 Å². The molecular weight excluding hydrogens is 378 g/mol. The first kappa shape index (κ1) is 18.4. The van der Waals surface area contributed by atoms with Crippen LogP contribution in [0.25, 0.3) is 11.6 Å². The van der Waals surface area contributed by atoms with Crippen molar-refractivity contribution < 1.29 is 9.59 Å². The van der Waals surface area contributed by atoms with Gasteiger partial charge in [-0.25, -0.2) is 4.98 Å².